The van der Waals surface area contributed by atoms with E-state index in [0.717, 1.165) is 5.56 Å². The lowest BCUT2D eigenvalue weighted by molar-refractivity contribution is -0.129. The van der Waals surface area contributed by atoms with E-state index in [0.29, 0.717) is 38.1 Å². The first kappa shape index (κ1) is 12.6. The fourth-order valence-electron chi connectivity index (χ4n) is 2.16. The van der Waals surface area contributed by atoms with Crippen LogP contribution in [0.2, 0.25) is 0 Å². The first-order valence-corrected chi connectivity index (χ1v) is 6.48. The van der Waals surface area contributed by atoms with Gasteiger partial charge in [-0.3, -0.25) is 9.78 Å². The molecule has 0 aromatic carbocycles. The predicted octanol–water partition coefficient (Wildman–Crippen LogP) is 0.800. The molecule has 0 atom stereocenters. The number of hydrogen-bond donors (Lipinski definition) is 0. The number of carbonyl (C=O) groups is 1. The summed E-state index contributed by atoms with van der Waals surface area (Å²) in [6.45, 7) is 4.35. The van der Waals surface area contributed by atoms with Gasteiger partial charge in [0, 0.05) is 45.5 Å². The van der Waals surface area contributed by atoms with Crippen LogP contribution in [-0.4, -0.2) is 52.2 Å². The normalized spacial score (nSPS) is 15.4. The van der Waals surface area contributed by atoms with Gasteiger partial charge >= 0.3 is 6.01 Å². The molecule has 0 saturated carbocycles. The molecule has 2 aromatic heterocycles. The van der Waals surface area contributed by atoms with Crippen molar-refractivity contribution in [3.8, 4) is 11.5 Å². The molecule has 0 aliphatic carbocycles. The summed E-state index contributed by atoms with van der Waals surface area (Å²) in [6.07, 6.45) is 3.38. The molecule has 0 bridgehead atoms. The topological polar surface area (TPSA) is 75.4 Å². The SMILES string of the molecule is CC(=O)N1CCN(c2nnc(-c3cccnc3)o2)CC1. The molecule has 3 heterocycles. The van der Waals surface area contributed by atoms with Gasteiger partial charge in [-0.15, -0.1) is 5.10 Å². The third kappa shape index (κ3) is 2.47. The van der Waals surface area contributed by atoms with Crippen LogP contribution in [-0.2, 0) is 4.79 Å². The molecule has 0 N–H and O–H groups in total. The number of amides is 1. The number of aromatic nitrogens is 3. The maximum Gasteiger partial charge on any atom is 0.318 e. The average molecular weight is 273 g/mol. The third-order valence-corrected chi connectivity index (χ3v) is 3.32. The van der Waals surface area contributed by atoms with Crippen molar-refractivity contribution in [1.82, 2.24) is 20.1 Å². The lowest BCUT2D eigenvalue weighted by atomic mass is 10.3. The summed E-state index contributed by atoms with van der Waals surface area (Å²) in [7, 11) is 0. The van der Waals surface area contributed by atoms with E-state index in [1.165, 1.54) is 0 Å². The molecule has 104 valence electrons. The molecular weight excluding hydrogens is 258 g/mol. The summed E-state index contributed by atoms with van der Waals surface area (Å²) in [5, 5.41) is 8.10. The number of rotatable bonds is 2. The molecule has 1 saturated heterocycles. The first-order chi connectivity index (χ1) is 9.74. The van der Waals surface area contributed by atoms with E-state index in [1.54, 1.807) is 19.3 Å². The van der Waals surface area contributed by atoms with Crippen LogP contribution in [0.1, 0.15) is 6.92 Å². The Morgan fingerprint density at radius 3 is 2.70 bits per heavy atom. The largest absolute Gasteiger partial charge is 0.403 e. The van der Waals surface area contributed by atoms with Gasteiger partial charge in [0.15, 0.2) is 0 Å². The van der Waals surface area contributed by atoms with Gasteiger partial charge in [0.2, 0.25) is 5.91 Å². The van der Waals surface area contributed by atoms with Crippen molar-refractivity contribution in [2.75, 3.05) is 31.1 Å². The van der Waals surface area contributed by atoms with Crippen LogP contribution in [0.5, 0.6) is 0 Å². The molecule has 0 spiro atoms. The Morgan fingerprint density at radius 2 is 2.05 bits per heavy atom. The Bertz CT molecular complexity index is 590. The van der Waals surface area contributed by atoms with E-state index >= 15 is 0 Å². The molecule has 1 aliphatic heterocycles. The highest BCUT2D eigenvalue weighted by atomic mass is 16.4. The minimum atomic E-state index is 0.103. The van der Waals surface area contributed by atoms with E-state index in [1.807, 2.05) is 21.9 Å². The molecule has 7 heteroatoms. The average Bonchev–Trinajstić information content (AvgIpc) is 2.98. The van der Waals surface area contributed by atoms with E-state index in [2.05, 4.69) is 15.2 Å². The molecule has 2 aromatic rings. The second-order valence-corrected chi connectivity index (χ2v) is 4.62. The molecule has 20 heavy (non-hydrogen) atoms. The van der Waals surface area contributed by atoms with E-state index < -0.39 is 0 Å². The Hall–Kier alpha value is -2.44. The highest BCUT2D eigenvalue weighted by molar-refractivity contribution is 5.73. The van der Waals surface area contributed by atoms with Crippen LogP contribution >= 0.6 is 0 Å². The standard InChI is InChI=1S/C13H15N5O2/c1-10(19)17-5-7-18(8-6-17)13-16-15-12(20-13)11-3-2-4-14-9-11/h2-4,9H,5-8H2,1H3. The zero-order chi connectivity index (χ0) is 13.9. The zero-order valence-corrected chi connectivity index (χ0v) is 11.2. The summed E-state index contributed by atoms with van der Waals surface area (Å²) >= 11 is 0. The van der Waals surface area contributed by atoms with Crippen LogP contribution in [0.25, 0.3) is 11.5 Å². The minimum absolute atomic E-state index is 0.103. The fourth-order valence-corrected chi connectivity index (χ4v) is 2.16. The molecule has 0 radical (unpaired) electrons. The summed E-state index contributed by atoms with van der Waals surface area (Å²) < 4.78 is 5.67. The molecule has 1 fully saturated rings. The zero-order valence-electron chi connectivity index (χ0n) is 11.2. The molecule has 1 aliphatic rings. The van der Waals surface area contributed by atoms with Crippen molar-refractivity contribution >= 4 is 11.9 Å². The summed E-state index contributed by atoms with van der Waals surface area (Å²) in [5.41, 5.74) is 0.800. The summed E-state index contributed by atoms with van der Waals surface area (Å²) in [4.78, 5) is 19.1. The van der Waals surface area contributed by atoms with Crippen LogP contribution in [0.15, 0.2) is 28.9 Å². The highest BCUT2D eigenvalue weighted by Crippen LogP contribution is 2.21. The lowest BCUT2D eigenvalue weighted by Crippen LogP contribution is -2.48. The number of anilines is 1. The van der Waals surface area contributed by atoms with Crippen LogP contribution in [0.3, 0.4) is 0 Å². The van der Waals surface area contributed by atoms with Gasteiger partial charge < -0.3 is 14.2 Å². The fraction of sp³-hybridized carbons (Fsp3) is 0.385. The number of piperazine rings is 1. The van der Waals surface area contributed by atoms with Crippen molar-refractivity contribution in [3.63, 3.8) is 0 Å². The highest BCUT2D eigenvalue weighted by Gasteiger charge is 2.22. The van der Waals surface area contributed by atoms with Crippen LogP contribution < -0.4 is 4.90 Å². The minimum Gasteiger partial charge on any atom is -0.403 e. The van der Waals surface area contributed by atoms with Crippen molar-refractivity contribution in [3.05, 3.63) is 24.5 Å². The van der Waals surface area contributed by atoms with Crippen molar-refractivity contribution in [2.45, 2.75) is 6.92 Å². The van der Waals surface area contributed by atoms with Crippen LogP contribution in [0, 0.1) is 0 Å². The maximum atomic E-state index is 11.3. The molecule has 7 nitrogen and oxygen atoms in total. The van der Waals surface area contributed by atoms with Crippen LogP contribution in [0.4, 0.5) is 6.01 Å². The van der Waals surface area contributed by atoms with Gasteiger partial charge in [-0.05, 0) is 12.1 Å². The van der Waals surface area contributed by atoms with Gasteiger partial charge in [-0.25, -0.2) is 0 Å². The van der Waals surface area contributed by atoms with E-state index in [-0.39, 0.29) is 5.91 Å². The number of hydrogen-bond acceptors (Lipinski definition) is 6. The Kier molecular flexibility index (Phi) is 3.32. The third-order valence-electron chi connectivity index (χ3n) is 3.32. The number of pyridine rings is 1. The lowest BCUT2D eigenvalue weighted by Gasteiger charge is -2.32. The Balaban J connectivity index is 1.71. The van der Waals surface area contributed by atoms with Gasteiger partial charge in [0.1, 0.15) is 0 Å². The quantitative estimate of drug-likeness (QED) is 0.805. The van der Waals surface area contributed by atoms with Crippen molar-refractivity contribution < 1.29 is 9.21 Å². The van der Waals surface area contributed by atoms with Gasteiger partial charge in [-0.1, -0.05) is 5.10 Å². The number of carbonyl (C=O) groups excluding carboxylic acids is 1. The van der Waals surface area contributed by atoms with Gasteiger partial charge in [0.25, 0.3) is 5.89 Å². The summed E-state index contributed by atoms with van der Waals surface area (Å²) in [6, 6.07) is 4.19. The van der Waals surface area contributed by atoms with Crippen molar-refractivity contribution in [1.29, 1.82) is 0 Å². The van der Waals surface area contributed by atoms with E-state index in [4.69, 9.17) is 4.42 Å². The maximum absolute atomic E-state index is 11.3. The van der Waals surface area contributed by atoms with Gasteiger partial charge in [-0.2, -0.15) is 0 Å². The second-order valence-electron chi connectivity index (χ2n) is 4.62. The summed E-state index contributed by atoms with van der Waals surface area (Å²) in [5.74, 6) is 0.563. The van der Waals surface area contributed by atoms with Crippen molar-refractivity contribution in [2.24, 2.45) is 0 Å². The first-order valence-electron chi connectivity index (χ1n) is 6.48. The molecular formula is C13H15N5O2. The Labute approximate surface area is 116 Å². The smallest absolute Gasteiger partial charge is 0.318 e. The van der Waals surface area contributed by atoms with E-state index in [9.17, 15) is 4.79 Å². The number of nitrogens with zero attached hydrogens (tertiary/aromatic N) is 5. The molecule has 1 amide bonds. The molecule has 0 unspecified atom stereocenters. The molecule has 3 rings (SSSR count). The monoisotopic (exact) mass is 273 g/mol. The van der Waals surface area contributed by atoms with Gasteiger partial charge in [0.05, 0.1) is 5.56 Å². The predicted molar refractivity (Wildman–Crippen MR) is 72.0 cm³/mol. The second kappa shape index (κ2) is 5.28. The Morgan fingerprint density at radius 1 is 1.25 bits per heavy atom.